The van der Waals surface area contributed by atoms with E-state index < -0.39 is 0 Å². The number of ether oxygens (including phenoxy) is 1. The Kier molecular flexibility index (Phi) is 6.09. The summed E-state index contributed by atoms with van der Waals surface area (Å²) in [5.74, 6) is 0.938. The van der Waals surface area contributed by atoms with Gasteiger partial charge in [0.05, 0.1) is 12.3 Å². The fourth-order valence-electron chi connectivity index (χ4n) is 4.05. The van der Waals surface area contributed by atoms with Gasteiger partial charge in [-0.25, -0.2) is 0 Å². The Labute approximate surface area is 182 Å². The highest BCUT2D eigenvalue weighted by atomic mass is 16.5. The van der Waals surface area contributed by atoms with Gasteiger partial charge in [0.25, 0.3) is 5.91 Å². The molecule has 0 aliphatic carbocycles. The summed E-state index contributed by atoms with van der Waals surface area (Å²) in [6.45, 7) is 7.73. The number of aliphatic hydroxyl groups excluding tert-OH is 1. The first-order chi connectivity index (χ1) is 15.0. The van der Waals surface area contributed by atoms with Gasteiger partial charge in [0.1, 0.15) is 6.61 Å². The van der Waals surface area contributed by atoms with Gasteiger partial charge in [-0.05, 0) is 43.5 Å². The summed E-state index contributed by atoms with van der Waals surface area (Å²) in [6, 6.07) is 14.5. The van der Waals surface area contributed by atoms with Gasteiger partial charge in [0.2, 0.25) is 5.88 Å². The Morgan fingerprint density at radius 2 is 1.94 bits per heavy atom. The zero-order valence-corrected chi connectivity index (χ0v) is 18.3. The fourth-order valence-corrected chi connectivity index (χ4v) is 4.05. The Bertz CT molecular complexity index is 1070. The van der Waals surface area contributed by atoms with E-state index in [0.29, 0.717) is 17.4 Å². The molecule has 0 spiro atoms. The molecule has 0 atom stereocenters. The van der Waals surface area contributed by atoms with Crippen molar-refractivity contribution in [3.8, 4) is 17.1 Å². The van der Waals surface area contributed by atoms with Crippen LogP contribution in [-0.4, -0.2) is 52.4 Å². The quantitative estimate of drug-likeness (QED) is 0.609. The van der Waals surface area contributed by atoms with Gasteiger partial charge >= 0.3 is 0 Å². The van der Waals surface area contributed by atoms with E-state index in [1.807, 2.05) is 30.0 Å². The van der Waals surface area contributed by atoms with Gasteiger partial charge in [-0.15, -0.1) is 5.10 Å². The molecule has 1 amide bonds. The molecule has 0 saturated carbocycles. The maximum Gasteiger partial charge on any atom is 0.253 e. The average Bonchev–Trinajstić information content (AvgIpc) is 3.12. The van der Waals surface area contributed by atoms with Gasteiger partial charge in [0, 0.05) is 35.7 Å². The molecule has 2 N–H and O–H groups in total. The van der Waals surface area contributed by atoms with Crippen molar-refractivity contribution in [2.45, 2.75) is 33.1 Å². The van der Waals surface area contributed by atoms with Crippen LogP contribution >= 0.6 is 0 Å². The molecule has 162 valence electrons. The molecule has 3 aromatic rings. The molecule has 0 unspecified atom stereocenters. The summed E-state index contributed by atoms with van der Waals surface area (Å²) in [4.78, 5) is 15.0. The standard InChI is InChI=1S/C25H29N3O3/c1-4-18-9-10-20(13-22(18)23-17(3)24(27-26-23)31-12-11-29)25(30)28-14-21(15-28)19-7-5-16(2)6-8-19/h5-10,13,21,29H,4,11-12,14-15H2,1-3H3,(H,26,27). The van der Waals surface area contributed by atoms with E-state index in [9.17, 15) is 4.79 Å². The monoisotopic (exact) mass is 419 g/mol. The van der Waals surface area contributed by atoms with E-state index in [1.165, 1.54) is 11.1 Å². The number of carbonyl (C=O) groups excluding carboxylic acids is 1. The largest absolute Gasteiger partial charge is 0.474 e. The Balaban J connectivity index is 1.53. The molecule has 2 heterocycles. The second-order valence-corrected chi connectivity index (χ2v) is 8.14. The summed E-state index contributed by atoms with van der Waals surface area (Å²) >= 11 is 0. The summed E-state index contributed by atoms with van der Waals surface area (Å²) in [7, 11) is 0. The van der Waals surface area contributed by atoms with Crippen molar-refractivity contribution >= 4 is 5.91 Å². The number of aryl methyl sites for hydroxylation is 2. The predicted octanol–water partition coefficient (Wildman–Crippen LogP) is 3.87. The number of aromatic nitrogens is 2. The number of H-pyrrole nitrogens is 1. The molecule has 6 heteroatoms. The number of aliphatic hydroxyl groups is 1. The van der Waals surface area contributed by atoms with Crippen LogP contribution in [0, 0.1) is 13.8 Å². The average molecular weight is 420 g/mol. The van der Waals surface area contributed by atoms with Gasteiger partial charge in [-0.2, -0.15) is 0 Å². The maximum atomic E-state index is 13.1. The second kappa shape index (κ2) is 8.94. The molecule has 0 radical (unpaired) electrons. The van der Waals surface area contributed by atoms with Crippen LogP contribution in [0.15, 0.2) is 42.5 Å². The molecular weight excluding hydrogens is 390 g/mol. The van der Waals surface area contributed by atoms with Crippen molar-refractivity contribution < 1.29 is 14.6 Å². The minimum atomic E-state index is -0.0642. The van der Waals surface area contributed by atoms with Crippen LogP contribution in [0.2, 0.25) is 0 Å². The summed E-state index contributed by atoms with van der Waals surface area (Å²) in [5, 5.41) is 16.3. The molecule has 0 bridgehead atoms. The summed E-state index contributed by atoms with van der Waals surface area (Å²) in [6.07, 6.45) is 0.842. The van der Waals surface area contributed by atoms with Crippen molar-refractivity contribution in [1.82, 2.24) is 15.1 Å². The van der Waals surface area contributed by atoms with E-state index in [-0.39, 0.29) is 19.1 Å². The number of nitrogens with zero attached hydrogens (tertiary/aromatic N) is 2. The van der Waals surface area contributed by atoms with E-state index in [1.54, 1.807) is 0 Å². The molecule has 1 aliphatic heterocycles. The van der Waals surface area contributed by atoms with Crippen LogP contribution < -0.4 is 4.74 Å². The fraction of sp³-hybridized carbons (Fsp3) is 0.360. The molecule has 1 aliphatic rings. The molecule has 1 saturated heterocycles. The highest BCUT2D eigenvalue weighted by Crippen LogP contribution is 2.33. The number of benzene rings is 2. The van der Waals surface area contributed by atoms with Gasteiger partial charge < -0.3 is 14.7 Å². The van der Waals surface area contributed by atoms with Crippen LogP contribution in [-0.2, 0) is 6.42 Å². The third-order valence-electron chi connectivity index (χ3n) is 6.02. The lowest BCUT2D eigenvalue weighted by molar-refractivity contribution is 0.0602. The smallest absolute Gasteiger partial charge is 0.253 e. The van der Waals surface area contributed by atoms with E-state index in [0.717, 1.165) is 41.9 Å². The zero-order valence-electron chi connectivity index (χ0n) is 18.3. The zero-order chi connectivity index (χ0) is 22.0. The van der Waals surface area contributed by atoms with E-state index in [2.05, 4.69) is 48.3 Å². The highest BCUT2D eigenvalue weighted by molar-refractivity contribution is 5.96. The molecular formula is C25H29N3O3. The molecule has 31 heavy (non-hydrogen) atoms. The number of hydrogen-bond acceptors (Lipinski definition) is 4. The molecule has 2 aromatic carbocycles. The number of carbonyl (C=O) groups is 1. The van der Waals surface area contributed by atoms with Crippen LogP contribution in [0.5, 0.6) is 5.88 Å². The highest BCUT2D eigenvalue weighted by Gasteiger charge is 2.32. The Hall–Kier alpha value is -3.12. The third-order valence-corrected chi connectivity index (χ3v) is 6.02. The molecule has 1 aromatic heterocycles. The second-order valence-electron chi connectivity index (χ2n) is 8.14. The van der Waals surface area contributed by atoms with E-state index >= 15 is 0 Å². The van der Waals surface area contributed by atoms with Crippen LogP contribution in [0.4, 0.5) is 0 Å². The number of likely N-dealkylation sites (tertiary alicyclic amines) is 1. The van der Waals surface area contributed by atoms with E-state index in [4.69, 9.17) is 9.84 Å². The first-order valence-corrected chi connectivity index (χ1v) is 10.8. The Morgan fingerprint density at radius 3 is 2.61 bits per heavy atom. The Morgan fingerprint density at radius 1 is 1.19 bits per heavy atom. The number of rotatable bonds is 7. The normalized spacial score (nSPS) is 13.9. The van der Waals surface area contributed by atoms with Gasteiger partial charge in [0.15, 0.2) is 0 Å². The number of hydrogen-bond donors (Lipinski definition) is 2. The lowest BCUT2D eigenvalue weighted by Crippen LogP contribution is -2.48. The van der Waals surface area contributed by atoms with Crippen molar-refractivity contribution in [3.05, 3.63) is 70.3 Å². The number of aromatic amines is 1. The van der Waals surface area contributed by atoms with Crippen molar-refractivity contribution in [1.29, 1.82) is 0 Å². The lowest BCUT2D eigenvalue weighted by atomic mass is 9.90. The third kappa shape index (κ3) is 4.21. The minimum absolute atomic E-state index is 0.0567. The maximum absolute atomic E-state index is 13.1. The van der Waals surface area contributed by atoms with Crippen molar-refractivity contribution in [3.63, 3.8) is 0 Å². The van der Waals surface area contributed by atoms with Crippen molar-refractivity contribution in [2.75, 3.05) is 26.3 Å². The molecule has 1 fully saturated rings. The SMILES string of the molecule is CCc1ccc(C(=O)N2CC(c3ccc(C)cc3)C2)cc1-c1[nH]nc(OCCO)c1C. The summed E-state index contributed by atoms with van der Waals surface area (Å²) < 4.78 is 5.50. The first kappa shape index (κ1) is 21.1. The lowest BCUT2D eigenvalue weighted by Gasteiger charge is -2.39. The topological polar surface area (TPSA) is 78.5 Å². The van der Waals surface area contributed by atoms with Gasteiger partial charge in [-0.3, -0.25) is 9.89 Å². The molecule has 4 rings (SSSR count). The number of amides is 1. The summed E-state index contributed by atoms with van der Waals surface area (Å²) in [5.41, 5.74) is 7.04. The van der Waals surface area contributed by atoms with Crippen molar-refractivity contribution in [2.24, 2.45) is 0 Å². The van der Waals surface area contributed by atoms with Gasteiger partial charge in [-0.1, -0.05) is 42.8 Å². The van der Waals surface area contributed by atoms with Crippen LogP contribution in [0.25, 0.3) is 11.3 Å². The van der Waals surface area contributed by atoms with Crippen LogP contribution in [0.3, 0.4) is 0 Å². The minimum Gasteiger partial charge on any atom is -0.474 e. The number of nitrogens with one attached hydrogen (secondary N) is 1. The first-order valence-electron chi connectivity index (χ1n) is 10.8. The molecule has 6 nitrogen and oxygen atoms in total. The van der Waals surface area contributed by atoms with Crippen LogP contribution in [0.1, 0.15) is 45.5 Å². The predicted molar refractivity (Wildman–Crippen MR) is 121 cm³/mol.